The van der Waals surface area contributed by atoms with Crippen molar-refractivity contribution in [3.8, 4) is 0 Å². The van der Waals surface area contributed by atoms with Crippen molar-refractivity contribution in [3.63, 3.8) is 0 Å². The van der Waals surface area contributed by atoms with E-state index in [9.17, 15) is 14.4 Å². The molecule has 0 amide bonds. The third-order valence-electron chi connectivity index (χ3n) is 6.15. The zero-order valence-electron chi connectivity index (χ0n) is 22.1. The highest BCUT2D eigenvalue weighted by molar-refractivity contribution is 5.85. The molecule has 13 N–H and O–H groups in total. The minimum atomic E-state index is -0.972. The molecule has 4 aromatic rings. The zero-order valence-corrected chi connectivity index (χ0v) is 22.1. The summed E-state index contributed by atoms with van der Waals surface area (Å²) in [6.07, 6.45) is 6.48. The SMILES string of the molecule is NC(Cc1c[nH]c2ccccc12)C(=O)O.NC(Cc1c[nH]c2ccccc12)C(=O)O.NCCCCC(N)C(=O)O. The second-order valence-corrected chi connectivity index (χ2v) is 9.25. The number of rotatable bonds is 11. The molecule has 3 atom stereocenters. The molecule has 0 spiro atoms. The molecular weight excluding hydrogens is 516 g/mol. The lowest BCUT2D eigenvalue weighted by Crippen LogP contribution is -2.32. The lowest BCUT2D eigenvalue weighted by molar-refractivity contribution is -0.139. The van der Waals surface area contributed by atoms with Crippen molar-refractivity contribution in [2.45, 2.75) is 50.2 Å². The van der Waals surface area contributed by atoms with Crippen LogP contribution in [0.1, 0.15) is 30.4 Å². The van der Waals surface area contributed by atoms with Crippen LogP contribution >= 0.6 is 0 Å². The highest BCUT2D eigenvalue weighted by atomic mass is 16.4. The Balaban J connectivity index is 0.000000216. The van der Waals surface area contributed by atoms with Gasteiger partial charge in [0.15, 0.2) is 0 Å². The predicted octanol–water partition coefficient (Wildman–Crippen LogP) is 1.77. The Labute approximate surface area is 231 Å². The summed E-state index contributed by atoms with van der Waals surface area (Å²) in [5.74, 6) is -2.88. The van der Waals surface area contributed by atoms with Gasteiger partial charge >= 0.3 is 17.9 Å². The maximum absolute atomic E-state index is 10.6. The quantitative estimate of drug-likeness (QED) is 0.121. The summed E-state index contributed by atoms with van der Waals surface area (Å²) >= 11 is 0. The van der Waals surface area contributed by atoms with Crippen LogP contribution < -0.4 is 22.9 Å². The fourth-order valence-electron chi connectivity index (χ4n) is 3.88. The number of carboxylic acids is 3. The predicted molar refractivity (Wildman–Crippen MR) is 154 cm³/mol. The molecule has 0 aliphatic heterocycles. The average Bonchev–Trinajstić information content (AvgIpc) is 3.53. The first-order valence-electron chi connectivity index (χ1n) is 12.8. The third-order valence-corrected chi connectivity index (χ3v) is 6.15. The van der Waals surface area contributed by atoms with E-state index in [1.54, 1.807) is 0 Å². The number of aromatic amines is 2. The standard InChI is InChI=1S/2C11H12N2O2.C6H14N2O2/c2*12-9(11(14)15)5-7-6-13-10-4-2-1-3-8(7)10;7-4-2-1-3-5(8)6(9)10/h2*1-4,6,9,13H,5,12H2,(H,14,15);5H,1-4,7-8H2,(H,9,10). The van der Waals surface area contributed by atoms with Gasteiger partial charge in [-0.25, -0.2) is 0 Å². The van der Waals surface area contributed by atoms with Gasteiger partial charge in [0.05, 0.1) is 0 Å². The van der Waals surface area contributed by atoms with Gasteiger partial charge in [-0.3, -0.25) is 14.4 Å². The molecule has 0 aliphatic rings. The molecule has 0 fully saturated rings. The largest absolute Gasteiger partial charge is 0.480 e. The summed E-state index contributed by atoms with van der Waals surface area (Å²) in [5, 5.41) is 27.8. The number of nitrogens with one attached hydrogen (secondary N) is 2. The van der Waals surface area contributed by atoms with Gasteiger partial charge in [0.1, 0.15) is 18.1 Å². The number of benzene rings is 2. The number of fused-ring (bicyclic) bond motifs is 2. The Kier molecular flexibility index (Phi) is 12.8. The Morgan fingerprint density at radius 1 is 0.650 bits per heavy atom. The lowest BCUT2D eigenvalue weighted by Gasteiger charge is -2.04. The summed E-state index contributed by atoms with van der Waals surface area (Å²) in [6.45, 7) is 0.604. The number of hydrogen-bond donors (Lipinski definition) is 9. The fraction of sp³-hybridized carbons (Fsp3) is 0.321. The molecule has 216 valence electrons. The third kappa shape index (κ3) is 9.82. The van der Waals surface area contributed by atoms with Crippen LogP contribution in [0, 0.1) is 0 Å². The number of aromatic nitrogens is 2. The average molecular weight is 555 g/mol. The van der Waals surface area contributed by atoms with E-state index in [0.717, 1.165) is 45.8 Å². The number of carbonyl (C=O) groups is 3. The van der Waals surface area contributed by atoms with E-state index in [1.807, 2.05) is 60.9 Å². The summed E-state index contributed by atoms with van der Waals surface area (Å²) < 4.78 is 0. The number of carboxylic acid groups (broad SMARTS) is 3. The maximum atomic E-state index is 10.6. The molecular formula is C28H38N6O6. The van der Waals surface area contributed by atoms with Crippen LogP contribution in [0.4, 0.5) is 0 Å². The first-order chi connectivity index (χ1) is 19.0. The van der Waals surface area contributed by atoms with E-state index in [0.29, 0.717) is 25.8 Å². The van der Waals surface area contributed by atoms with E-state index >= 15 is 0 Å². The molecule has 0 saturated heterocycles. The minimum Gasteiger partial charge on any atom is -0.480 e. The highest BCUT2D eigenvalue weighted by Gasteiger charge is 2.15. The van der Waals surface area contributed by atoms with Gasteiger partial charge in [-0.15, -0.1) is 0 Å². The van der Waals surface area contributed by atoms with Gasteiger partial charge in [-0.05, 0) is 42.6 Å². The van der Waals surface area contributed by atoms with Crippen LogP contribution in [-0.4, -0.2) is 67.9 Å². The molecule has 40 heavy (non-hydrogen) atoms. The molecule has 12 heteroatoms. The molecule has 2 aromatic carbocycles. The summed E-state index contributed by atoms with van der Waals surface area (Å²) in [6, 6.07) is 13.1. The number of nitrogens with two attached hydrogens (primary N) is 4. The van der Waals surface area contributed by atoms with Gasteiger partial charge in [-0.1, -0.05) is 42.8 Å². The fourth-order valence-corrected chi connectivity index (χ4v) is 3.88. The van der Waals surface area contributed by atoms with Crippen molar-refractivity contribution in [1.29, 1.82) is 0 Å². The number of hydrogen-bond acceptors (Lipinski definition) is 7. The van der Waals surface area contributed by atoms with Crippen LogP contribution in [0.15, 0.2) is 60.9 Å². The number of H-pyrrole nitrogens is 2. The van der Waals surface area contributed by atoms with Crippen molar-refractivity contribution in [1.82, 2.24) is 9.97 Å². The monoisotopic (exact) mass is 554 g/mol. The molecule has 0 bridgehead atoms. The number of aliphatic carboxylic acids is 3. The highest BCUT2D eigenvalue weighted by Crippen LogP contribution is 2.19. The number of para-hydroxylation sites is 2. The zero-order chi connectivity index (χ0) is 29.7. The van der Waals surface area contributed by atoms with Gasteiger partial charge < -0.3 is 48.2 Å². The normalized spacial score (nSPS) is 12.9. The van der Waals surface area contributed by atoms with E-state index in [2.05, 4.69) is 9.97 Å². The van der Waals surface area contributed by atoms with Crippen LogP contribution in [0.3, 0.4) is 0 Å². The number of unbranched alkanes of at least 4 members (excludes halogenated alkanes) is 1. The van der Waals surface area contributed by atoms with Crippen LogP contribution in [-0.2, 0) is 27.2 Å². The lowest BCUT2D eigenvalue weighted by atomic mass is 10.1. The summed E-state index contributed by atoms with van der Waals surface area (Å²) in [4.78, 5) is 37.6. The molecule has 3 unspecified atom stereocenters. The van der Waals surface area contributed by atoms with Gasteiger partial charge in [0, 0.05) is 47.0 Å². The second kappa shape index (κ2) is 16.0. The molecule has 12 nitrogen and oxygen atoms in total. The minimum absolute atomic E-state index is 0.347. The molecule has 0 radical (unpaired) electrons. The summed E-state index contributed by atoms with van der Waals surface area (Å²) in [5.41, 5.74) is 25.3. The van der Waals surface area contributed by atoms with E-state index in [4.69, 9.17) is 38.3 Å². The van der Waals surface area contributed by atoms with Crippen molar-refractivity contribution >= 4 is 39.7 Å². The van der Waals surface area contributed by atoms with Crippen LogP contribution in [0.25, 0.3) is 21.8 Å². The smallest absolute Gasteiger partial charge is 0.320 e. The summed E-state index contributed by atoms with van der Waals surface area (Å²) in [7, 11) is 0. The molecule has 0 aliphatic carbocycles. The Morgan fingerprint density at radius 3 is 1.43 bits per heavy atom. The van der Waals surface area contributed by atoms with E-state index in [-0.39, 0.29) is 0 Å². The molecule has 4 rings (SSSR count). The van der Waals surface area contributed by atoms with Crippen molar-refractivity contribution < 1.29 is 29.7 Å². The Bertz CT molecular complexity index is 1290. The van der Waals surface area contributed by atoms with E-state index < -0.39 is 36.0 Å². The second-order valence-electron chi connectivity index (χ2n) is 9.25. The van der Waals surface area contributed by atoms with Crippen LogP contribution in [0.2, 0.25) is 0 Å². The molecule has 0 saturated carbocycles. The van der Waals surface area contributed by atoms with Crippen molar-refractivity contribution in [2.24, 2.45) is 22.9 Å². The van der Waals surface area contributed by atoms with Gasteiger partial charge in [0.25, 0.3) is 0 Å². The Morgan fingerprint density at radius 2 is 1.05 bits per heavy atom. The Hall–Kier alpha value is -4.23. The van der Waals surface area contributed by atoms with E-state index in [1.165, 1.54) is 0 Å². The van der Waals surface area contributed by atoms with Crippen molar-refractivity contribution in [2.75, 3.05) is 6.54 Å². The van der Waals surface area contributed by atoms with Gasteiger partial charge in [-0.2, -0.15) is 0 Å². The topological polar surface area (TPSA) is 248 Å². The van der Waals surface area contributed by atoms with Gasteiger partial charge in [0.2, 0.25) is 0 Å². The van der Waals surface area contributed by atoms with Crippen molar-refractivity contribution in [3.05, 3.63) is 72.1 Å². The first-order valence-corrected chi connectivity index (χ1v) is 12.8. The molecule has 2 aromatic heterocycles. The maximum Gasteiger partial charge on any atom is 0.320 e. The first kappa shape index (κ1) is 32.0. The molecule has 2 heterocycles. The van der Waals surface area contributed by atoms with Crippen LogP contribution in [0.5, 0.6) is 0 Å².